The van der Waals surface area contributed by atoms with Crippen molar-refractivity contribution in [1.82, 2.24) is 5.32 Å². The first-order valence-corrected chi connectivity index (χ1v) is 7.02. The highest BCUT2D eigenvalue weighted by Gasteiger charge is 2.09. The Hall–Kier alpha value is -2.49. The molecule has 1 atom stereocenters. The van der Waals surface area contributed by atoms with E-state index in [0.717, 1.165) is 12.1 Å². The third-order valence-corrected chi connectivity index (χ3v) is 3.33. The van der Waals surface area contributed by atoms with Crippen LogP contribution in [0.3, 0.4) is 0 Å². The Morgan fingerprint density at radius 1 is 1.19 bits per heavy atom. The van der Waals surface area contributed by atoms with Crippen LogP contribution < -0.4 is 16.4 Å². The van der Waals surface area contributed by atoms with Gasteiger partial charge in [-0.3, -0.25) is 4.79 Å². The number of benzene rings is 2. The molecule has 21 heavy (non-hydrogen) atoms. The Bertz CT molecular complexity index is 611. The molecule has 4 N–H and O–H groups in total. The van der Waals surface area contributed by atoms with Gasteiger partial charge in [-0.25, -0.2) is 0 Å². The zero-order valence-corrected chi connectivity index (χ0v) is 12.4. The number of carbonyl (C=O) groups excluding carboxylic acids is 1. The van der Waals surface area contributed by atoms with Gasteiger partial charge in [0.1, 0.15) is 0 Å². The zero-order valence-electron chi connectivity index (χ0n) is 12.4. The topological polar surface area (TPSA) is 67.2 Å². The summed E-state index contributed by atoms with van der Waals surface area (Å²) in [6.45, 7) is 2.10. The second-order valence-corrected chi connectivity index (χ2v) is 5.12. The highest BCUT2D eigenvalue weighted by Crippen LogP contribution is 2.21. The molecular weight excluding hydrogens is 262 g/mol. The first kappa shape index (κ1) is 14.9. The van der Waals surface area contributed by atoms with E-state index in [9.17, 15) is 4.79 Å². The summed E-state index contributed by atoms with van der Waals surface area (Å²) in [4.78, 5) is 11.7. The van der Waals surface area contributed by atoms with E-state index in [-0.39, 0.29) is 11.9 Å². The molecule has 0 saturated heterocycles. The summed E-state index contributed by atoms with van der Waals surface area (Å²) >= 11 is 0. The molecule has 2 aromatic rings. The van der Waals surface area contributed by atoms with Crippen molar-refractivity contribution in [3.05, 3.63) is 59.7 Å². The Morgan fingerprint density at radius 2 is 1.90 bits per heavy atom. The van der Waals surface area contributed by atoms with E-state index >= 15 is 0 Å². The Morgan fingerprint density at radius 3 is 2.57 bits per heavy atom. The molecule has 4 nitrogen and oxygen atoms in total. The molecule has 110 valence electrons. The van der Waals surface area contributed by atoms with Gasteiger partial charge in [-0.05, 0) is 37.1 Å². The Labute approximate surface area is 125 Å². The van der Waals surface area contributed by atoms with E-state index in [2.05, 4.69) is 29.7 Å². The summed E-state index contributed by atoms with van der Waals surface area (Å²) in [5.41, 5.74) is 9.27. The van der Waals surface area contributed by atoms with E-state index in [1.165, 1.54) is 5.56 Å². The molecule has 0 aliphatic carbocycles. The normalized spacial score (nSPS) is 11.7. The van der Waals surface area contributed by atoms with Crippen LogP contribution in [0.2, 0.25) is 0 Å². The first-order valence-electron chi connectivity index (χ1n) is 7.02. The fourth-order valence-electron chi connectivity index (χ4n) is 2.25. The second-order valence-electron chi connectivity index (χ2n) is 5.12. The van der Waals surface area contributed by atoms with Crippen LogP contribution in [-0.2, 0) is 6.42 Å². The van der Waals surface area contributed by atoms with Gasteiger partial charge in [0.05, 0.1) is 11.4 Å². The summed E-state index contributed by atoms with van der Waals surface area (Å²) in [5, 5.41) is 5.99. The molecule has 0 aliphatic rings. The molecule has 0 aromatic heterocycles. The summed E-state index contributed by atoms with van der Waals surface area (Å²) < 4.78 is 0. The Balaban J connectivity index is 2.09. The minimum absolute atomic E-state index is 0.117. The van der Waals surface area contributed by atoms with E-state index in [4.69, 9.17) is 5.73 Å². The summed E-state index contributed by atoms with van der Waals surface area (Å²) in [5.74, 6) is -0.117. The number of nitrogens with two attached hydrogens (primary N) is 1. The van der Waals surface area contributed by atoms with Gasteiger partial charge < -0.3 is 16.4 Å². The number of amides is 1. The van der Waals surface area contributed by atoms with Gasteiger partial charge in [0.25, 0.3) is 5.91 Å². The number of anilines is 2. The quantitative estimate of drug-likeness (QED) is 0.739. The summed E-state index contributed by atoms with van der Waals surface area (Å²) in [6.07, 6.45) is 0.893. The molecule has 4 heteroatoms. The maximum absolute atomic E-state index is 11.7. The number of nitrogen functional groups attached to an aromatic ring is 1. The van der Waals surface area contributed by atoms with Crippen molar-refractivity contribution < 1.29 is 4.79 Å². The first-order chi connectivity index (χ1) is 10.1. The van der Waals surface area contributed by atoms with Crippen molar-refractivity contribution in [1.29, 1.82) is 0 Å². The number of hydrogen-bond donors (Lipinski definition) is 3. The zero-order chi connectivity index (χ0) is 15.2. The van der Waals surface area contributed by atoms with Crippen LogP contribution in [0.1, 0.15) is 22.8 Å². The molecule has 0 heterocycles. The van der Waals surface area contributed by atoms with Gasteiger partial charge in [-0.1, -0.05) is 30.3 Å². The average molecular weight is 283 g/mol. The third kappa shape index (κ3) is 3.99. The minimum atomic E-state index is -0.117. The fourth-order valence-corrected chi connectivity index (χ4v) is 2.25. The highest BCUT2D eigenvalue weighted by atomic mass is 16.1. The SMILES string of the molecule is CNC(=O)c1ccc(N)c(NC(C)Cc2ccccc2)c1. The molecular formula is C17H21N3O. The summed E-state index contributed by atoms with van der Waals surface area (Å²) in [7, 11) is 1.61. The molecule has 0 aliphatic heterocycles. The number of hydrogen-bond acceptors (Lipinski definition) is 3. The molecule has 0 spiro atoms. The van der Waals surface area contributed by atoms with Crippen molar-refractivity contribution in [2.75, 3.05) is 18.1 Å². The largest absolute Gasteiger partial charge is 0.397 e. The van der Waals surface area contributed by atoms with Crippen LogP contribution in [0.25, 0.3) is 0 Å². The highest BCUT2D eigenvalue weighted by molar-refractivity contribution is 5.96. The van der Waals surface area contributed by atoms with E-state index in [1.54, 1.807) is 25.2 Å². The lowest BCUT2D eigenvalue weighted by molar-refractivity contribution is 0.0963. The van der Waals surface area contributed by atoms with Crippen LogP contribution >= 0.6 is 0 Å². The predicted octanol–water partition coefficient (Wildman–Crippen LogP) is 2.67. The van der Waals surface area contributed by atoms with E-state index in [1.807, 2.05) is 18.2 Å². The van der Waals surface area contributed by atoms with E-state index < -0.39 is 0 Å². The molecule has 2 aromatic carbocycles. The second kappa shape index (κ2) is 6.79. The molecule has 1 amide bonds. The smallest absolute Gasteiger partial charge is 0.251 e. The maximum atomic E-state index is 11.7. The van der Waals surface area contributed by atoms with Crippen molar-refractivity contribution in [2.45, 2.75) is 19.4 Å². The molecule has 0 saturated carbocycles. The van der Waals surface area contributed by atoms with Crippen molar-refractivity contribution >= 4 is 17.3 Å². The van der Waals surface area contributed by atoms with Crippen LogP contribution in [-0.4, -0.2) is 19.0 Å². The van der Waals surface area contributed by atoms with Crippen molar-refractivity contribution in [3.63, 3.8) is 0 Å². The van der Waals surface area contributed by atoms with Gasteiger partial charge in [0.15, 0.2) is 0 Å². The van der Waals surface area contributed by atoms with Crippen LogP contribution in [0, 0.1) is 0 Å². The lowest BCUT2D eigenvalue weighted by Gasteiger charge is -2.17. The van der Waals surface area contributed by atoms with Gasteiger partial charge in [0.2, 0.25) is 0 Å². The van der Waals surface area contributed by atoms with Crippen LogP contribution in [0.15, 0.2) is 48.5 Å². The fraction of sp³-hybridized carbons (Fsp3) is 0.235. The van der Waals surface area contributed by atoms with E-state index in [0.29, 0.717) is 11.3 Å². The van der Waals surface area contributed by atoms with Gasteiger partial charge in [-0.2, -0.15) is 0 Å². The number of rotatable bonds is 5. The predicted molar refractivity (Wildman–Crippen MR) is 87.5 cm³/mol. The molecule has 1 unspecified atom stereocenters. The lowest BCUT2D eigenvalue weighted by Crippen LogP contribution is -2.21. The number of carbonyl (C=O) groups is 1. The molecule has 0 fully saturated rings. The van der Waals surface area contributed by atoms with Gasteiger partial charge in [0, 0.05) is 18.7 Å². The maximum Gasteiger partial charge on any atom is 0.251 e. The minimum Gasteiger partial charge on any atom is -0.397 e. The van der Waals surface area contributed by atoms with Gasteiger partial charge >= 0.3 is 0 Å². The monoisotopic (exact) mass is 283 g/mol. The van der Waals surface area contributed by atoms with Crippen LogP contribution in [0.5, 0.6) is 0 Å². The number of nitrogens with one attached hydrogen (secondary N) is 2. The van der Waals surface area contributed by atoms with Crippen molar-refractivity contribution in [2.24, 2.45) is 0 Å². The molecule has 0 bridgehead atoms. The summed E-state index contributed by atoms with van der Waals surface area (Å²) in [6, 6.07) is 15.7. The Kier molecular flexibility index (Phi) is 4.82. The lowest BCUT2D eigenvalue weighted by atomic mass is 10.1. The van der Waals surface area contributed by atoms with Crippen molar-refractivity contribution in [3.8, 4) is 0 Å². The average Bonchev–Trinajstić information content (AvgIpc) is 2.49. The van der Waals surface area contributed by atoms with Gasteiger partial charge in [-0.15, -0.1) is 0 Å². The third-order valence-electron chi connectivity index (χ3n) is 3.33. The standard InChI is InChI=1S/C17H21N3O/c1-12(10-13-6-4-3-5-7-13)20-16-11-14(17(21)19-2)8-9-15(16)18/h3-9,11-12,20H,10,18H2,1-2H3,(H,19,21). The van der Waals surface area contributed by atoms with Crippen LogP contribution in [0.4, 0.5) is 11.4 Å². The molecule has 0 radical (unpaired) electrons. The molecule has 2 rings (SSSR count).